The summed E-state index contributed by atoms with van der Waals surface area (Å²) >= 11 is 0. The van der Waals surface area contributed by atoms with Crippen LogP contribution in [-0.2, 0) is 16.0 Å². The molecule has 158 valence electrons. The number of carbonyl (C=O) groups is 2. The molecule has 2 saturated carbocycles. The fourth-order valence-electron chi connectivity index (χ4n) is 4.31. The first-order valence-electron chi connectivity index (χ1n) is 10.6. The summed E-state index contributed by atoms with van der Waals surface area (Å²) in [5.41, 5.74) is 1.58. The molecule has 3 N–H and O–H groups in total. The van der Waals surface area contributed by atoms with Crippen LogP contribution < -0.4 is 20.1 Å². The van der Waals surface area contributed by atoms with E-state index in [9.17, 15) is 9.59 Å². The summed E-state index contributed by atoms with van der Waals surface area (Å²) < 4.78 is 11.1. The van der Waals surface area contributed by atoms with Gasteiger partial charge in [-0.05, 0) is 43.4 Å². The summed E-state index contributed by atoms with van der Waals surface area (Å²) in [6.07, 6.45) is 7.40. The van der Waals surface area contributed by atoms with Crippen LogP contribution in [0.25, 0.3) is 0 Å². The Labute approximate surface area is 174 Å². The molecule has 0 spiro atoms. The first kappa shape index (κ1) is 19.0. The number of benzene rings is 1. The number of fused-ring (bicyclic) bond motifs is 1. The summed E-state index contributed by atoms with van der Waals surface area (Å²) in [7, 11) is 0. The molecule has 0 radical (unpaired) electrons. The van der Waals surface area contributed by atoms with Crippen molar-refractivity contribution in [1.29, 1.82) is 0 Å². The Morgan fingerprint density at radius 1 is 1.20 bits per heavy atom. The fraction of sp³-hybridized carbons (Fsp3) is 0.500. The highest BCUT2D eigenvalue weighted by atomic mass is 16.6. The van der Waals surface area contributed by atoms with Crippen LogP contribution in [0, 0.1) is 5.92 Å². The molecule has 8 heteroatoms. The number of aromatic amines is 1. The van der Waals surface area contributed by atoms with Crippen LogP contribution >= 0.6 is 0 Å². The minimum absolute atomic E-state index is 0.00339. The summed E-state index contributed by atoms with van der Waals surface area (Å²) in [6, 6.07) is 5.59. The van der Waals surface area contributed by atoms with Crippen molar-refractivity contribution in [1.82, 2.24) is 20.6 Å². The van der Waals surface area contributed by atoms with Crippen LogP contribution in [0.15, 0.2) is 30.7 Å². The molecule has 0 saturated heterocycles. The lowest BCUT2D eigenvalue weighted by Crippen LogP contribution is -2.60. The van der Waals surface area contributed by atoms with E-state index in [0.717, 1.165) is 42.7 Å². The van der Waals surface area contributed by atoms with Crippen molar-refractivity contribution in [2.24, 2.45) is 5.92 Å². The number of H-pyrrole nitrogens is 1. The Morgan fingerprint density at radius 3 is 2.77 bits per heavy atom. The highest BCUT2D eigenvalue weighted by Crippen LogP contribution is 2.47. The largest absolute Gasteiger partial charge is 0.486 e. The van der Waals surface area contributed by atoms with Gasteiger partial charge in [0.25, 0.3) is 0 Å². The van der Waals surface area contributed by atoms with Crippen LogP contribution in [0.1, 0.15) is 42.9 Å². The number of rotatable bonds is 7. The molecule has 0 unspecified atom stereocenters. The second-order valence-corrected chi connectivity index (χ2v) is 8.51. The second-order valence-electron chi connectivity index (χ2n) is 8.51. The third-order valence-corrected chi connectivity index (χ3v) is 6.34. The minimum atomic E-state index is -0.319. The lowest BCUT2D eigenvalue weighted by molar-refractivity contribution is -0.127. The lowest BCUT2D eigenvalue weighted by Gasteiger charge is -2.42. The van der Waals surface area contributed by atoms with Gasteiger partial charge in [0.2, 0.25) is 11.8 Å². The maximum atomic E-state index is 12.7. The van der Waals surface area contributed by atoms with Crippen LogP contribution in [-0.4, -0.2) is 47.1 Å². The van der Waals surface area contributed by atoms with Gasteiger partial charge in [0, 0.05) is 30.3 Å². The van der Waals surface area contributed by atoms with Crippen LogP contribution in [0.4, 0.5) is 0 Å². The number of hydrogen-bond donors (Lipinski definition) is 3. The molecule has 2 aromatic rings. The van der Waals surface area contributed by atoms with Crippen molar-refractivity contribution in [3.63, 3.8) is 0 Å². The Bertz CT molecular complexity index is 939. The molecular weight excluding hydrogens is 384 g/mol. The van der Waals surface area contributed by atoms with Gasteiger partial charge in [-0.15, -0.1) is 0 Å². The maximum absolute atomic E-state index is 12.7. The SMILES string of the molecule is O=C(Cc1ccc2c(c1)OCCO2)NCC1(NC(=O)[C@@H]2C[C@H]2c2cnc[nH]2)CCC1. The van der Waals surface area contributed by atoms with Gasteiger partial charge < -0.3 is 25.1 Å². The summed E-state index contributed by atoms with van der Waals surface area (Å²) in [5.74, 6) is 1.65. The van der Waals surface area contributed by atoms with Crippen LogP contribution in [0.3, 0.4) is 0 Å². The zero-order valence-corrected chi connectivity index (χ0v) is 16.8. The minimum Gasteiger partial charge on any atom is -0.486 e. The Hall–Kier alpha value is -3.03. The molecule has 30 heavy (non-hydrogen) atoms. The predicted molar refractivity (Wildman–Crippen MR) is 108 cm³/mol. The number of aromatic nitrogens is 2. The normalized spacial score (nSPS) is 23.2. The molecule has 2 heterocycles. The molecule has 5 rings (SSSR count). The number of ether oxygens (including phenoxy) is 2. The number of nitrogens with one attached hydrogen (secondary N) is 3. The van der Waals surface area contributed by atoms with Gasteiger partial charge in [-0.2, -0.15) is 0 Å². The first-order valence-corrected chi connectivity index (χ1v) is 10.6. The summed E-state index contributed by atoms with van der Waals surface area (Å²) in [5, 5.41) is 6.23. The molecule has 1 aliphatic heterocycles. The quantitative estimate of drug-likeness (QED) is 0.644. The molecule has 2 atom stereocenters. The van der Waals surface area contributed by atoms with Crippen molar-refractivity contribution in [3.8, 4) is 11.5 Å². The van der Waals surface area contributed by atoms with Gasteiger partial charge in [-0.25, -0.2) is 4.98 Å². The van der Waals surface area contributed by atoms with Crippen LogP contribution in [0.5, 0.6) is 11.5 Å². The fourth-order valence-corrected chi connectivity index (χ4v) is 4.31. The van der Waals surface area contributed by atoms with E-state index in [0.29, 0.717) is 25.5 Å². The first-order chi connectivity index (χ1) is 14.6. The zero-order valence-electron chi connectivity index (χ0n) is 16.8. The summed E-state index contributed by atoms with van der Waals surface area (Å²) in [6.45, 7) is 1.53. The molecular formula is C22H26N4O4. The highest BCUT2D eigenvalue weighted by molar-refractivity contribution is 5.84. The molecule has 0 bridgehead atoms. The molecule has 1 aromatic heterocycles. The predicted octanol–water partition coefficient (Wildman–Crippen LogP) is 1.68. The molecule has 2 aliphatic carbocycles. The third-order valence-electron chi connectivity index (χ3n) is 6.34. The number of carbonyl (C=O) groups excluding carboxylic acids is 2. The van der Waals surface area contributed by atoms with Crippen molar-refractivity contribution in [3.05, 3.63) is 42.0 Å². The highest BCUT2D eigenvalue weighted by Gasteiger charge is 2.48. The molecule has 2 fully saturated rings. The maximum Gasteiger partial charge on any atom is 0.224 e. The molecule has 3 aliphatic rings. The van der Waals surface area contributed by atoms with E-state index in [1.54, 1.807) is 12.5 Å². The van der Waals surface area contributed by atoms with Crippen molar-refractivity contribution >= 4 is 11.8 Å². The van der Waals surface area contributed by atoms with Gasteiger partial charge in [0.05, 0.1) is 18.3 Å². The van der Waals surface area contributed by atoms with Crippen molar-refractivity contribution in [2.75, 3.05) is 19.8 Å². The van der Waals surface area contributed by atoms with E-state index in [1.807, 2.05) is 18.2 Å². The van der Waals surface area contributed by atoms with E-state index in [2.05, 4.69) is 20.6 Å². The monoisotopic (exact) mass is 410 g/mol. The molecule has 2 amide bonds. The smallest absolute Gasteiger partial charge is 0.224 e. The Balaban J connectivity index is 1.13. The van der Waals surface area contributed by atoms with Crippen molar-refractivity contribution < 1.29 is 19.1 Å². The Morgan fingerprint density at radius 2 is 2.03 bits per heavy atom. The van der Waals surface area contributed by atoms with E-state index in [1.165, 1.54) is 0 Å². The van der Waals surface area contributed by atoms with E-state index >= 15 is 0 Å². The number of nitrogens with zero attached hydrogens (tertiary/aromatic N) is 1. The molecule has 8 nitrogen and oxygen atoms in total. The lowest BCUT2D eigenvalue weighted by atomic mass is 9.76. The van der Waals surface area contributed by atoms with E-state index < -0.39 is 0 Å². The average Bonchev–Trinajstić information content (AvgIpc) is 3.34. The topological polar surface area (TPSA) is 105 Å². The van der Waals surface area contributed by atoms with Crippen molar-refractivity contribution in [2.45, 2.75) is 43.6 Å². The van der Waals surface area contributed by atoms with Gasteiger partial charge in [0.1, 0.15) is 13.2 Å². The zero-order chi connectivity index (χ0) is 20.6. The number of imidazole rings is 1. The average molecular weight is 410 g/mol. The number of hydrogen-bond acceptors (Lipinski definition) is 5. The van der Waals surface area contributed by atoms with E-state index in [4.69, 9.17) is 9.47 Å². The Kier molecular flexibility index (Phi) is 4.84. The summed E-state index contributed by atoms with van der Waals surface area (Å²) in [4.78, 5) is 32.3. The van der Waals surface area contributed by atoms with Crippen LogP contribution in [0.2, 0.25) is 0 Å². The van der Waals surface area contributed by atoms with Gasteiger partial charge >= 0.3 is 0 Å². The third kappa shape index (κ3) is 3.86. The van der Waals surface area contributed by atoms with Gasteiger partial charge in [0.15, 0.2) is 11.5 Å². The number of amides is 2. The van der Waals surface area contributed by atoms with Gasteiger partial charge in [-0.3, -0.25) is 9.59 Å². The van der Waals surface area contributed by atoms with Gasteiger partial charge in [-0.1, -0.05) is 6.07 Å². The van der Waals surface area contributed by atoms with E-state index in [-0.39, 0.29) is 35.6 Å². The second kappa shape index (κ2) is 7.66. The molecule has 1 aromatic carbocycles. The standard InChI is InChI=1S/C22H26N4O4/c27-20(9-14-2-3-18-19(8-14)30-7-6-29-18)24-12-22(4-1-5-22)26-21(28)16-10-15(16)17-11-23-13-25-17/h2-3,8,11,13,15-16H,1,4-7,9-10,12H2,(H,23,25)(H,24,27)(H,26,28)/t15-,16-/m1/s1.